The van der Waals surface area contributed by atoms with E-state index in [9.17, 15) is 10.1 Å². The minimum absolute atomic E-state index is 0.253. The van der Waals surface area contributed by atoms with E-state index in [0.717, 1.165) is 38.9 Å². The molecule has 1 aromatic heterocycles. The van der Waals surface area contributed by atoms with Gasteiger partial charge in [0.2, 0.25) is 0 Å². The van der Waals surface area contributed by atoms with Crippen LogP contribution in [0.2, 0.25) is 5.02 Å². The minimum Gasteiger partial charge on any atom is -0.492 e. The van der Waals surface area contributed by atoms with E-state index in [1.54, 1.807) is 42.6 Å². The molecule has 9 heteroatoms. The van der Waals surface area contributed by atoms with Gasteiger partial charge in [0.1, 0.15) is 23.3 Å². The van der Waals surface area contributed by atoms with Crippen molar-refractivity contribution in [1.29, 1.82) is 5.26 Å². The van der Waals surface area contributed by atoms with Crippen molar-refractivity contribution in [3.8, 4) is 23.3 Å². The van der Waals surface area contributed by atoms with Gasteiger partial charge in [-0.25, -0.2) is 4.79 Å². The van der Waals surface area contributed by atoms with Gasteiger partial charge in [0.25, 0.3) is 0 Å². The van der Waals surface area contributed by atoms with Gasteiger partial charge in [-0.3, -0.25) is 4.98 Å². The van der Waals surface area contributed by atoms with Crippen molar-refractivity contribution in [1.82, 2.24) is 15.2 Å². The molecule has 188 valence electrons. The van der Waals surface area contributed by atoms with Gasteiger partial charge in [0.05, 0.1) is 28.4 Å². The molecule has 2 aromatic carbocycles. The molecule has 1 saturated carbocycles. The highest BCUT2D eigenvalue weighted by atomic mass is 35.5. The van der Waals surface area contributed by atoms with Gasteiger partial charge in [-0.05, 0) is 56.6 Å². The van der Waals surface area contributed by atoms with Crippen molar-refractivity contribution in [3.63, 3.8) is 0 Å². The maximum absolute atomic E-state index is 12.0. The largest absolute Gasteiger partial charge is 0.492 e. The standard InChI is InChI=1S/C27H30ClN5O3/c1-3-33(4-2)12-5-13-35-26-16-24-21(14-18(26)17-29)25(10-11-30-24)36-20-8-9-23(22(28)15-20)32-27(34)31-19-6-7-19/h8-11,14-16,19H,3-7,12-13H2,1-2H3,(H2,31,32,34). The highest BCUT2D eigenvalue weighted by Gasteiger charge is 2.23. The Balaban J connectivity index is 1.47. The molecule has 1 aliphatic carbocycles. The van der Waals surface area contributed by atoms with Gasteiger partial charge in [-0.15, -0.1) is 0 Å². The fourth-order valence-corrected chi connectivity index (χ4v) is 4.03. The van der Waals surface area contributed by atoms with Crippen molar-refractivity contribution in [2.24, 2.45) is 0 Å². The fraction of sp³-hybridized carbons (Fsp3) is 0.370. The number of aromatic nitrogens is 1. The summed E-state index contributed by atoms with van der Waals surface area (Å²) < 4.78 is 12.0. The van der Waals surface area contributed by atoms with E-state index in [1.165, 1.54) is 0 Å². The van der Waals surface area contributed by atoms with Crippen LogP contribution in [0, 0.1) is 11.3 Å². The number of hydrogen-bond donors (Lipinski definition) is 2. The van der Waals surface area contributed by atoms with Crippen LogP contribution in [0.1, 0.15) is 38.7 Å². The third-order valence-corrected chi connectivity index (χ3v) is 6.34. The van der Waals surface area contributed by atoms with Crippen LogP contribution in [-0.2, 0) is 0 Å². The lowest BCUT2D eigenvalue weighted by atomic mass is 10.1. The van der Waals surface area contributed by atoms with Crippen molar-refractivity contribution in [2.75, 3.05) is 31.6 Å². The average molecular weight is 508 g/mol. The van der Waals surface area contributed by atoms with Gasteiger partial charge >= 0.3 is 6.03 Å². The van der Waals surface area contributed by atoms with Gasteiger partial charge in [-0.1, -0.05) is 25.4 Å². The van der Waals surface area contributed by atoms with Gasteiger partial charge in [0.15, 0.2) is 0 Å². The summed E-state index contributed by atoms with van der Waals surface area (Å²) in [6.07, 6.45) is 4.53. The molecule has 3 aromatic rings. The van der Waals surface area contributed by atoms with E-state index in [4.69, 9.17) is 21.1 Å². The van der Waals surface area contributed by atoms with E-state index in [1.807, 2.05) is 0 Å². The smallest absolute Gasteiger partial charge is 0.319 e. The zero-order valence-electron chi connectivity index (χ0n) is 20.5. The molecular formula is C27H30ClN5O3. The van der Waals surface area contributed by atoms with Crippen LogP contribution >= 0.6 is 11.6 Å². The first-order valence-corrected chi connectivity index (χ1v) is 12.6. The van der Waals surface area contributed by atoms with Gasteiger partial charge in [-0.2, -0.15) is 5.26 Å². The lowest BCUT2D eigenvalue weighted by molar-refractivity contribution is 0.249. The predicted octanol–water partition coefficient (Wildman–Crippen LogP) is 5.95. The molecule has 2 amide bonds. The fourth-order valence-electron chi connectivity index (χ4n) is 3.81. The second kappa shape index (κ2) is 11.9. The number of anilines is 1. The summed E-state index contributed by atoms with van der Waals surface area (Å²) in [4.78, 5) is 18.8. The Labute approximate surface area is 216 Å². The molecule has 1 fully saturated rings. The monoisotopic (exact) mass is 507 g/mol. The van der Waals surface area contributed by atoms with E-state index in [-0.39, 0.29) is 12.1 Å². The molecule has 2 N–H and O–H groups in total. The number of carbonyl (C=O) groups excluding carboxylic acids is 1. The van der Waals surface area contributed by atoms with Crippen LogP contribution < -0.4 is 20.1 Å². The number of carbonyl (C=O) groups is 1. The Bertz CT molecular complexity index is 1270. The molecule has 0 unspecified atom stereocenters. The van der Waals surface area contributed by atoms with Crippen molar-refractivity contribution < 1.29 is 14.3 Å². The number of amides is 2. The SMILES string of the molecule is CCN(CC)CCCOc1cc2nccc(Oc3ccc(NC(=O)NC4CC4)c(Cl)c3)c2cc1C#N. The van der Waals surface area contributed by atoms with Gasteiger partial charge in [0, 0.05) is 36.3 Å². The zero-order chi connectivity index (χ0) is 25.5. The van der Waals surface area contributed by atoms with Crippen molar-refractivity contribution in [2.45, 2.75) is 39.2 Å². The molecule has 0 aliphatic heterocycles. The highest BCUT2D eigenvalue weighted by molar-refractivity contribution is 6.33. The Morgan fingerprint density at radius 1 is 1.19 bits per heavy atom. The summed E-state index contributed by atoms with van der Waals surface area (Å²) >= 11 is 6.38. The van der Waals surface area contributed by atoms with Crippen LogP contribution in [0.3, 0.4) is 0 Å². The van der Waals surface area contributed by atoms with E-state index >= 15 is 0 Å². The molecule has 0 radical (unpaired) electrons. The second-order valence-corrected chi connectivity index (χ2v) is 9.04. The summed E-state index contributed by atoms with van der Waals surface area (Å²) in [7, 11) is 0. The number of halogens is 1. The quantitative estimate of drug-likeness (QED) is 0.311. The van der Waals surface area contributed by atoms with Crippen molar-refractivity contribution >= 4 is 34.2 Å². The van der Waals surface area contributed by atoms with E-state index in [2.05, 4.69) is 40.4 Å². The molecule has 1 heterocycles. The molecule has 4 rings (SSSR count). The lowest BCUT2D eigenvalue weighted by Crippen LogP contribution is -2.30. The molecule has 0 spiro atoms. The normalized spacial score (nSPS) is 12.9. The first kappa shape index (κ1) is 25.5. The van der Waals surface area contributed by atoms with Crippen LogP contribution in [0.15, 0.2) is 42.6 Å². The molecule has 36 heavy (non-hydrogen) atoms. The minimum atomic E-state index is -0.275. The molecule has 0 atom stereocenters. The Morgan fingerprint density at radius 2 is 2.00 bits per heavy atom. The highest BCUT2D eigenvalue weighted by Crippen LogP contribution is 2.35. The number of benzene rings is 2. The number of nitrogens with zero attached hydrogens (tertiary/aromatic N) is 3. The number of fused-ring (bicyclic) bond motifs is 1. The maximum atomic E-state index is 12.0. The molecule has 1 aliphatic rings. The maximum Gasteiger partial charge on any atom is 0.319 e. The zero-order valence-corrected chi connectivity index (χ0v) is 21.3. The molecule has 0 bridgehead atoms. The molecular weight excluding hydrogens is 478 g/mol. The lowest BCUT2D eigenvalue weighted by Gasteiger charge is -2.18. The van der Waals surface area contributed by atoms with Crippen LogP contribution in [0.25, 0.3) is 10.9 Å². The number of hydrogen-bond acceptors (Lipinski definition) is 6. The van der Waals surface area contributed by atoms with E-state index in [0.29, 0.717) is 51.0 Å². The van der Waals surface area contributed by atoms with E-state index < -0.39 is 0 Å². The van der Waals surface area contributed by atoms with Crippen LogP contribution in [0.4, 0.5) is 10.5 Å². The topological polar surface area (TPSA) is 99.5 Å². The van der Waals surface area contributed by atoms with Gasteiger partial charge < -0.3 is 25.0 Å². The van der Waals surface area contributed by atoms with Crippen molar-refractivity contribution in [3.05, 3.63) is 53.2 Å². The summed E-state index contributed by atoms with van der Waals surface area (Å²) in [5.41, 5.74) is 1.57. The number of nitrogens with one attached hydrogen (secondary N) is 2. The Kier molecular flexibility index (Phi) is 8.47. The number of rotatable bonds is 11. The van der Waals surface area contributed by atoms with Crippen LogP contribution in [-0.4, -0.2) is 48.2 Å². The number of urea groups is 1. The Hall–Kier alpha value is -3.54. The summed E-state index contributed by atoms with van der Waals surface area (Å²) in [6.45, 7) is 7.75. The predicted molar refractivity (Wildman–Crippen MR) is 141 cm³/mol. The first-order valence-electron chi connectivity index (χ1n) is 12.2. The Morgan fingerprint density at radius 3 is 2.69 bits per heavy atom. The first-order chi connectivity index (χ1) is 17.5. The number of nitriles is 1. The average Bonchev–Trinajstić information content (AvgIpc) is 3.69. The summed E-state index contributed by atoms with van der Waals surface area (Å²) in [5.74, 6) is 1.54. The third kappa shape index (κ3) is 6.56. The third-order valence-electron chi connectivity index (χ3n) is 6.02. The number of pyridine rings is 1. The summed E-state index contributed by atoms with van der Waals surface area (Å²) in [5, 5.41) is 16.4. The molecule has 0 saturated heterocycles. The molecule has 8 nitrogen and oxygen atoms in total. The number of ether oxygens (including phenoxy) is 2. The summed E-state index contributed by atoms with van der Waals surface area (Å²) in [6, 6.07) is 12.5. The second-order valence-electron chi connectivity index (χ2n) is 8.63. The van der Waals surface area contributed by atoms with Crippen LogP contribution in [0.5, 0.6) is 17.2 Å².